The molecule has 1 aromatic rings. The van der Waals surface area contributed by atoms with E-state index in [1.807, 2.05) is 6.07 Å². The Labute approximate surface area is 229 Å². The van der Waals surface area contributed by atoms with E-state index in [2.05, 4.69) is 34.8 Å². The highest BCUT2D eigenvalue weighted by Crippen LogP contribution is 2.42. The van der Waals surface area contributed by atoms with E-state index in [-0.39, 0.29) is 30.8 Å². The number of primary amides is 1. The van der Waals surface area contributed by atoms with E-state index in [4.69, 9.17) is 16.0 Å². The van der Waals surface area contributed by atoms with E-state index in [0.717, 1.165) is 63.6 Å². The Kier molecular flexibility index (Phi) is 8.26. The number of ketones is 1. The Bertz CT molecular complexity index is 1150. The van der Waals surface area contributed by atoms with Crippen LogP contribution in [-0.4, -0.2) is 77.9 Å². The molecule has 0 spiro atoms. The molecule has 4 aliphatic rings. The molecule has 0 bridgehead atoms. The number of carbonyl (C=O) groups excluding carboxylic acids is 3. The number of Topliss-reactive ketones (excluding diaryl/α,β-unsaturated/α-hetero) is 1. The predicted octanol–water partition coefficient (Wildman–Crippen LogP) is 3.89. The zero-order valence-corrected chi connectivity index (χ0v) is 23.0. The molecule has 0 radical (unpaired) electrons. The second-order valence-electron chi connectivity index (χ2n) is 11.9. The maximum absolute atomic E-state index is 14.5. The number of ether oxygens (including phenoxy) is 1. The number of piperidine rings is 1. The summed E-state index contributed by atoms with van der Waals surface area (Å²) in [7, 11) is 0. The van der Waals surface area contributed by atoms with Crippen molar-refractivity contribution in [2.24, 2.45) is 16.8 Å². The Morgan fingerprint density at radius 2 is 1.85 bits per heavy atom. The fourth-order valence-corrected chi connectivity index (χ4v) is 7.33. The summed E-state index contributed by atoms with van der Waals surface area (Å²) in [6, 6.07) is 4.98. The van der Waals surface area contributed by atoms with Crippen LogP contribution in [0.1, 0.15) is 92.1 Å². The number of benzene rings is 1. The lowest BCUT2D eigenvalue weighted by Crippen LogP contribution is -2.46. The second kappa shape index (κ2) is 11.7. The average Bonchev–Trinajstić information content (AvgIpc) is 3.50. The van der Waals surface area contributed by atoms with Crippen molar-refractivity contribution in [2.75, 3.05) is 26.2 Å². The lowest BCUT2D eigenvalue weighted by molar-refractivity contribution is -0.139. The molecule has 4 atom stereocenters. The number of hydrogen-bond donors (Lipinski definition) is 1. The normalized spacial score (nSPS) is 27.4. The lowest BCUT2D eigenvalue weighted by Gasteiger charge is -2.36. The van der Waals surface area contributed by atoms with Gasteiger partial charge in [-0.25, -0.2) is 0 Å². The van der Waals surface area contributed by atoms with Crippen LogP contribution in [-0.2, 0) is 14.3 Å². The van der Waals surface area contributed by atoms with Gasteiger partial charge in [-0.05, 0) is 87.2 Å². The van der Waals surface area contributed by atoms with Gasteiger partial charge < -0.3 is 20.3 Å². The molecule has 1 saturated carbocycles. The highest BCUT2D eigenvalue weighted by Gasteiger charge is 2.53. The summed E-state index contributed by atoms with van der Waals surface area (Å²) in [6.45, 7) is 6.50. The minimum Gasteiger partial charge on any atom is -0.367 e. The number of azide groups is 1. The number of fused-ring (bicyclic) bond motifs is 1. The number of likely N-dealkylation sites (tertiary alicyclic amines) is 2. The molecular formula is C29H40N6O4. The monoisotopic (exact) mass is 536 g/mol. The molecule has 4 fully saturated rings. The van der Waals surface area contributed by atoms with Crippen LogP contribution in [0.2, 0.25) is 0 Å². The molecule has 210 valence electrons. The highest BCUT2D eigenvalue weighted by atomic mass is 16.5. The topological polar surface area (TPSA) is 142 Å². The van der Waals surface area contributed by atoms with E-state index in [1.165, 1.54) is 0 Å². The summed E-state index contributed by atoms with van der Waals surface area (Å²) < 4.78 is 5.67. The molecule has 10 nitrogen and oxygen atoms in total. The van der Waals surface area contributed by atoms with Gasteiger partial charge in [0.05, 0.1) is 18.1 Å². The van der Waals surface area contributed by atoms with Gasteiger partial charge in [0.25, 0.3) is 0 Å². The number of rotatable bonds is 7. The fraction of sp³-hybridized carbons (Fsp3) is 0.690. The maximum atomic E-state index is 14.5. The lowest BCUT2D eigenvalue weighted by atomic mass is 9.73. The van der Waals surface area contributed by atoms with Gasteiger partial charge in [0.15, 0.2) is 5.78 Å². The van der Waals surface area contributed by atoms with Gasteiger partial charge in [-0.2, -0.15) is 0 Å². The number of nitrogens with zero attached hydrogens (tertiary/aromatic N) is 5. The number of nitrogens with two attached hydrogens (primary N) is 1. The molecule has 10 heteroatoms. The minimum absolute atomic E-state index is 0.0387. The van der Waals surface area contributed by atoms with Gasteiger partial charge in [-0.3, -0.25) is 14.4 Å². The van der Waals surface area contributed by atoms with Crippen molar-refractivity contribution >= 4 is 17.6 Å². The summed E-state index contributed by atoms with van der Waals surface area (Å²) in [5.41, 5.74) is 17.2. The Balaban J connectivity index is 1.52. The van der Waals surface area contributed by atoms with Crippen LogP contribution in [0.5, 0.6) is 0 Å². The van der Waals surface area contributed by atoms with Crippen molar-refractivity contribution in [3.8, 4) is 0 Å². The zero-order valence-electron chi connectivity index (χ0n) is 23.0. The third-order valence-corrected chi connectivity index (χ3v) is 9.44. The van der Waals surface area contributed by atoms with Crippen LogP contribution in [0.3, 0.4) is 0 Å². The van der Waals surface area contributed by atoms with Gasteiger partial charge in [-0.1, -0.05) is 36.5 Å². The predicted molar refractivity (Wildman–Crippen MR) is 146 cm³/mol. The molecule has 3 heterocycles. The smallest absolute Gasteiger partial charge is 0.249 e. The van der Waals surface area contributed by atoms with Gasteiger partial charge >= 0.3 is 0 Å². The van der Waals surface area contributed by atoms with Crippen molar-refractivity contribution in [3.63, 3.8) is 0 Å². The minimum atomic E-state index is -0.764. The summed E-state index contributed by atoms with van der Waals surface area (Å²) >= 11 is 0. The summed E-state index contributed by atoms with van der Waals surface area (Å²) in [5.74, 6) is -1.13. The molecule has 3 aliphatic heterocycles. The van der Waals surface area contributed by atoms with E-state index in [0.29, 0.717) is 23.1 Å². The number of carbonyl (C=O) groups is 3. The quantitative estimate of drug-likeness (QED) is 0.320. The van der Waals surface area contributed by atoms with Gasteiger partial charge in [-0.15, -0.1) is 0 Å². The summed E-state index contributed by atoms with van der Waals surface area (Å²) in [6.07, 6.45) is 6.31. The third kappa shape index (κ3) is 5.42. The molecule has 0 aromatic heterocycles. The SMILES string of the molecule is CC(C)N1CCC(c2ccc(C(N)=O)c([C@@H](C(=O)N3C[C@H](N=[N+]=[N-])[C@H]4OCC(=O)[C@H]43)C3CCCCC3)c2)CC1. The Morgan fingerprint density at radius 1 is 1.13 bits per heavy atom. The highest BCUT2D eigenvalue weighted by molar-refractivity contribution is 5.99. The number of hydrogen-bond acceptors (Lipinski definition) is 6. The van der Waals surface area contributed by atoms with Crippen LogP contribution in [0.4, 0.5) is 0 Å². The van der Waals surface area contributed by atoms with Crippen molar-refractivity contribution in [2.45, 2.75) is 94.9 Å². The molecular weight excluding hydrogens is 496 g/mol. The first-order chi connectivity index (χ1) is 18.8. The molecule has 5 rings (SSSR count). The average molecular weight is 537 g/mol. The first-order valence-corrected chi connectivity index (χ1v) is 14.5. The van der Waals surface area contributed by atoms with Crippen LogP contribution in [0.25, 0.3) is 10.4 Å². The first-order valence-electron chi connectivity index (χ1n) is 14.5. The van der Waals surface area contributed by atoms with Crippen molar-refractivity contribution in [1.82, 2.24) is 9.80 Å². The van der Waals surface area contributed by atoms with Crippen LogP contribution in [0, 0.1) is 5.92 Å². The standard InChI is InChI=1S/C29H40N6O4/c1-17(2)34-12-10-18(11-13-34)20-8-9-21(28(30)37)22(14-20)25(19-6-4-3-5-7-19)29(38)35-15-23(32-33-31)27-26(35)24(36)16-39-27/h8-9,14,17-19,23,25-27H,3-7,10-13,15-16H2,1-2H3,(H2,30,37)/t23-,25-,26+,27+/m0/s1. The molecule has 3 saturated heterocycles. The van der Waals surface area contributed by atoms with Crippen LogP contribution < -0.4 is 5.73 Å². The van der Waals surface area contributed by atoms with E-state index in [1.54, 1.807) is 11.0 Å². The van der Waals surface area contributed by atoms with Crippen molar-refractivity contribution < 1.29 is 19.1 Å². The molecule has 1 aromatic carbocycles. The second-order valence-corrected chi connectivity index (χ2v) is 11.9. The van der Waals surface area contributed by atoms with E-state index < -0.39 is 30.0 Å². The summed E-state index contributed by atoms with van der Waals surface area (Å²) in [5, 5.41) is 3.85. The maximum Gasteiger partial charge on any atom is 0.249 e. The van der Waals surface area contributed by atoms with Gasteiger partial charge in [0, 0.05) is 23.1 Å². The van der Waals surface area contributed by atoms with Crippen LogP contribution >= 0.6 is 0 Å². The first kappa shape index (κ1) is 27.6. The fourth-order valence-electron chi connectivity index (χ4n) is 7.33. The van der Waals surface area contributed by atoms with E-state index >= 15 is 0 Å². The molecule has 2 N–H and O–H groups in total. The zero-order chi connectivity index (χ0) is 27.7. The van der Waals surface area contributed by atoms with E-state index in [9.17, 15) is 14.4 Å². The Hall–Kier alpha value is -2.94. The molecule has 1 aliphatic carbocycles. The molecule has 0 unspecified atom stereocenters. The van der Waals surface area contributed by atoms with Gasteiger partial charge in [0.1, 0.15) is 12.6 Å². The number of amides is 2. The third-order valence-electron chi connectivity index (χ3n) is 9.44. The molecule has 39 heavy (non-hydrogen) atoms. The largest absolute Gasteiger partial charge is 0.367 e. The van der Waals surface area contributed by atoms with Crippen molar-refractivity contribution in [1.29, 1.82) is 0 Å². The van der Waals surface area contributed by atoms with Crippen molar-refractivity contribution in [3.05, 3.63) is 45.3 Å². The van der Waals surface area contributed by atoms with Gasteiger partial charge in [0.2, 0.25) is 11.8 Å². The van der Waals surface area contributed by atoms with Crippen LogP contribution in [0.15, 0.2) is 23.3 Å². The Morgan fingerprint density at radius 3 is 2.49 bits per heavy atom. The molecule has 2 amide bonds. The summed E-state index contributed by atoms with van der Waals surface area (Å²) in [4.78, 5) is 47.0.